The van der Waals surface area contributed by atoms with E-state index in [-0.39, 0.29) is 12.5 Å². The number of hydrogen-bond donors (Lipinski definition) is 3. The highest BCUT2D eigenvalue weighted by Crippen LogP contribution is 2.33. The molecule has 4 aromatic heterocycles. The fourth-order valence-corrected chi connectivity index (χ4v) is 4.62. The molecule has 3 N–H and O–H groups in total. The van der Waals surface area contributed by atoms with E-state index >= 15 is 0 Å². The third-order valence-electron chi connectivity index (χ3n) is 6.81. The average molecular weight is 502 g/mol. The molecule has 0 saturated carbocycles. The summed E-state index contributed by atoms with van der Waals surface area (Å²) in [5, 5.41) is 24.7. The number of amides is 1. The van der Waals surface area contributed by atoms with Gasteiger partial charge < -0.3 is 15.3 Å². The minimum absolute atomic E-state index is 0.148. The number of aliphatic hydroxyl groups excluding tert-OH is 1. The van der Waals surface area contributed by atoms with Crippen molar-refractivity contribution < 1.29 is 9.90 Å². The summed E-state index contributed by atoms with van der Waals surface area (Å²) in [7, 11) is 0. The summed E-state index contributed by atoms with van der Waals surface area (Å²) in [5.41, 5.74) is 3.77. The van der Waals surface area contributed by atoms with Gasteiger partial charge in [0.15, 0.2) is 5.82 Å². The molecule has 0 bridgehead atoms. The number of nitrogens with one attached hydrogen (secondary N) is 2. The lowest BCUT2D eigenvalue weighted by Crippen LogP contribution is -2.51. The van der Waals surface area contributed by atoms with Crippen LogP contribution in [0.5, 0.6) is 0 Å². The summed E-state index contributed by atoms with van der Waals surface area (Å²) in [6.07, 6.45) is 6.89. The van der Waals surface area contributed by atoms with Crippen molar-refractivity contribution in [2.24, 2.45) is 5.41 Å². The lowest BCUT2D eigenvalue weighted by atomic mass is 9.78. The van der Waals surface area contributed by atoms with Crippen molar-refractivity contribution in [3.63, 3.8) is 0 Å². The molecule has 1 fully saturated rings. The normalized spacial score (nSPS) is 15.1. The lowest BCUT2D eigenvalue weighted by Gasteiger charge is -2.39. The summed E-state index contributed by atoms with van der Waals surface area (Å²) < 4.78 is 1.68. The van der Waals surface area contributed by atoms with E-state index in [4.69, 9.17) is 4.98 Å². The number of aliphatic hydroxyl groups is 1. The topological polar surface area (TPSA) is 138 Å². The molecule has 37 heavy (non-hydrogen) atoms. The Kier molecular flexibility index (Phi) is 6.95. The number of anilines is 1. The van der Waals surface area contributed by atoms with Crippen molar-refractivity contribution >= 4 is 11.9 Å². The molecule has 0 spiro atoms. The van der Waals surface area contributed by atoms with Gasteiger partial charge in [0.25, 0.3) is 0 Å². The number of piperidine rings is 1. The van der Waals surface area contributed by atoms with E-state index in [1.165, 1.54) is 0 Å². The number of carbonyl (C=O) groups is 1. The highest BCUT2D eigenvalue weighted by Gasteiger charge is 2.41. The SMILES string of the molecule is Cc1cc(Cc2cc(C)[nH]n2)nc(N2CCC(CO)(C(=O)NCc3ccc(-n4cccn4)nc3)CC2)n1. The van der Waals surface area contributed by atoms with Crippen molar-refractivity contribution in [3.8, 4) is 5.82 Å². The smallest absolute Gasteiger partial charge is 0.228 e. The van der Waals surface area contributed by atoms with Crippen molar-refractivity contribution in [2.75, 3.05) is 24.6 Å². The van der Waals surface area contributed by atoms with Crippen molar-refractivity contribution in [1.29, 1.82) is 0 Å². The molecule has 1 aliphatic rings. The van der Waals surface area contributed by atoms with Gasteiger partial charge in [-0.05, 0) is 56.5 Å². The summed E-state index contributed by atoms with van der Waals surface area (Å²) in [6, 6.07) is 9.59. The number of aromatic amines is 1. The molecule has 5 rings (SSSR count). The van der Waals surface area contributed by atoms with Gasteiger partial charge in [-0.2, -0.15) is 10.2 Å². The zero-order valence-electron chi connectivity index (χ0n) is 21.1. The molecule has 1 saturated heterocycles. The van der Waals surface area contributed by atoms with Crippen LogP contribution in [0.15, 0.2) is 48.9 Å². The van der Waals surface area contributed by atoms with Crippen LogP contribution in [0.25, 0.3) is 5.82 Å². The first kappa shape index (κ1) is 24.6. The zero-order valence-corrected chi connectivity index (χ0v) is 21.1. The number of hydrogen-bond acceptors (Lipinski definition) is 8. The first-order valence-electron chi connectivity index (χ1n) is 12.4. The second-order valence-electron chi connectivity index (χ2n) is 9.60. The van der Waals surface area contributed by atoms with Crippen LogP contribution in [0.2, 0.25) is 0 Å². The van der Waals surface area contributed by atoms with Crippen LogP contribution in [0.4, 0.5) is 5.95 Å². The predicted molar refractivity (Wildman–Crippen MR) is 137 cm³/mol. The van der Waals surface area contributed by atoms with Gasteiger partial charge in [0.05, 0.1) is 23.4 Å². The van der Waals surface area contributed by atoms with E-state index in [0.29, 0.717) is 50.7 Å². The third-order valence-corrected chi connectivity index (χ3v) is 6.81. The zero-order chi connectivity index (χ0) is 25.8. The molecule has 11 nitrogen and oxygen atoms in total. The lowest BCUT2D eigenvalue weighted by molar-refractivity contribution is -0.135. The molecule has 0 unspecified atom stereocenters. The summed E-state index contributed by atoms with van der Waals surface area (Å²) in [4.78, 5) is 29.1. The van der Waals surface area contributed by atoms with Crippen LogP contribution >= 0.6 is 0 Å². The van der Waals surface area contributed by atoms with E-state index in [0.717, 1.165) is 28.3 Å². The van der Waals surface area contributed by atoms with Crippen LogP contribution in [0, 0.1) is 19.3 Å². The van der Waals surface area contributed by atoms with Gasteiger partial charge in [0.1, 0.15) is 0 Å². The number of nitrogens with zero attached hydrogens (tertiary/aromatic N) is 7. The van der Waals surface area contributed by atoms with E-state index in [1.54, 1.807) is 17.1 Å². The Morgan fingerprint density at radius 2 is 2.00 bits per heavy atom. The Labute approximate surface area is 215 Å². The van der Waals surface area contributed by atoms with Crippen molar-refractivity contribution in [1.82, 2.24) is 40.2 Å². The Bertz CT molecular complexity index is 1340. The summed E-state index contributed by atoms with van der Waals surface area (Å²) in [5.74, 6) is 1.21. The Hall–Kier alpha value is -4.12. The monoisotopic (exact) mass is 501 g/mol. The maximum atomic E-state index is 13.2. The molecule has 192 valence electrons. The van der Waals surface area contributed by atoms with Gasteiger partial charge in [0.2, 0.25) is 11.9 Å². The van der Waals surface area contributed by atoms with Gasteiger partial charge in [-0.15, -0.1) is 0 Å². The number of aryl methyl sites for hydroxylation is 2. The first-order chi connectivity index (χ1) is 17.9. The fourth-order valence-electron chi connectivity index (χ4n) is 4.62. The number of aromatic nitrogens is 7. The largest absolute Gasteiger partial charge is 0.395 e. The van der Waals surface area contributed by atoms with Crippen LogP contribution in [-0.2, 0) is 17.8 Å². The van der Waals surface area contributed by atoms with E-state index in [9.17, 15) is 9.90 Å². The molecular weight excluding hydrogens is 470 g/mol. The molecule has 0 aromatic carbocycles. The van der Waals surface area contributed by atoms with Gasteiger partial charge in [0, 0.05) is 56.0 Å². The maximum absolute atomic E-state index is 13.2. The average Bonchev–Trinajstić information content (AvgIpc) is 3.59. The van der Waals surface area contributed by atoms with Gasteiger partial charge in [-0.1, -0.05) is 6.07 Å². The quantitative estimate of drug-likeness (QED) is 0.333. The fraction of sp³-hybridized carbons (Fsp3) is 0.385. The minimum Gasteiger partial charge on any atom is -0.395 e. The summed E-state index contributed by atoms with van der Waals surface area (Å²) in [6.45, 7) is 5.22. The maximum Gasteiger partial charge on any atom is 0.228 e. The number of H-pyrrole nitrogens is 1. The standard InChI is InChI=1S/C26H31N9O2/c1-18-12-21(14-22-13-19(2)32-33-22)31-25(30-18)34-10-6-26(17-36,7-11-34)24(37)28-16-20-4-5-23(27-15-20)35-9-3-8-29-35/h3-5,8-9,12-13,15,36H,6-7,10-11,14,16-17H2,1-2H3,(H,28,37)(H,32,33). The highest BCUT2D eigenvalue weighted by molar-refractivity contribution is 5.83. The Balaban J connectivity index is 1.20. The second-order valence-corrected chi connectivity index (χ2v) is 9.60. The first-order valence-corrected chi connectivity index (χ1v) is 12.4. The van der Waals surface area contributed by atoms with E-state index in [1.807, 2.05) is 50.4 Å². The minimum atomic E-state index is -0.835. The molecule has 0 atom stereocenters. The van der Waals surface area contributed by atoms with E-state index in [2.05, 4.69) is 35.5 Å². The van der Waals surface area contributed by atoms with Crippen LogP contribution in [0.1, 0.15) is 41.2 Å². The molecular formula is C26H31N9O2. The van der Waals surface area contributed by atoms with Crippen molar-refractivity contribution in [3.05, 3.63) is 77.3 Å². The number of rotatable bonds is 8. The summed E-state index contributed by atoms with van der Waals surface area (Å²) >= 11 is 0. The molecule has 0 aliphatic carbocycles. The van der Waals surface area contributed by atoms with Crippen LogP contribution in [-0.4, -0.2) is 65.6 Å². The van der Waals surface area contributed by atoms with Crippen LogP contribution < -0.4 is 10.2 Å². The molecule has 1 aliphatic heterocycles. The highest BCUT2D eigenvalue weighted by atomic mass is 16.3. The van der Waals surface area contributed by atoms with Crippen LogP contribution in [0.3, 0.4) is 0 Å². The van der Waals surface area contributed by atoms with E-state index < -0.39 is 5.41 Å². The van der Waals surface area contributed by atoms with Gasteiger partial charge in [-0.25, -0.2) is 19.6 Å². The predicted octanol–water partition coefficient (Wildman–Crippen LogP) is 1.88. The third kappa shape index (κ3) is 5.51. The molecule has 5 heterocycles. The Morgan fingerprint density at radius 1 is 1.16 bits per heavy atom. The molecule has 11 heteroatoms. The Morgan fingerprint density at radius 3 is 2.65 bits per heavy atom. The molecule has 0 radical (unpaired) electrons. The molecule has 4 aromatic rings. The number of pyridine rings is 1. The van der Waals surface area contributed by atoms with Gasteiger partial charge in [-0.3, -0.25) is 9.89 Å². The van der Waals surface area contributed by atoms with Gasteiger partial charge >= 0.3 is 0 Å². The van der Waals surface area contributed by atoms with Crippen molar-refractivity contribution in [2.45, 2.75) is 39.7 Å². The number of carbonyl (C=O) groups excluding carboxylic acids is 1. The molecule has 1 amide bonds. The second kappa shape index (κ2) is 10.5.